The van der Waals surface area contributed by atoms with E-state index in [1.807, 2.05) is 42.2 Å². The number of nitrogens with zero attached hydrogens (tertiary/aromatic N) is 2. The molecule has 1 fully saturated rings. The van der Waals surface area contributed by atoms with Crippen LogP contribution in [0, 0.1) is 6.92 Å². The van der Waals surface area contributed by atoms with Crippen molar-refractivity contribution in [2.75, 3.05) is 39.3 Å². The highest BCUT2D eigenvalue weighted by atomic mass is 32.2. The smallest absolute Gasteiger partial charge is 0.243 e. The second kappa shape index (κ2) is 10.2. The Hall–Kier alpha value is -2.22. The zero-order chi connectivity index (χ0) is 21.6. The van der Waals surface area contributed by atoms with Gasteiger partial charge in [-0.3, -0.25) is 9.69 Å². The molecule has 1 heterocycles. The topological polar surface area (TPSA) is 69.7 Å². The molecule has 2 aromatic carbocycles. The quantitative estimate of drug-likeness (QED) is 0.700. The van der Waals surface area contributed by atoms with Crippen molar-refractivity contribution in [2.24, 2.45) is 0 Å². The number of carbonyl (C=O) groups excluding carboxylic acids is 1. The average molecular weight is 430 g/mol. The molecular formula is C23H31N3O3S. The molecule has 0 aliphatic carbocycles. The Morgan fingerprint density at radius 1 is 1.00 bits per heavy atom. The zero-order valence-electron chi connectivity index (χ0n) is 17.8. The fourth-order valence-corrected chi connectivity index (χ4v) is 5.13. The molecule has 1 aliphatic rings. The molecule has 0 spiro atoms. The summed E-state index contributed by atoms with van der Waals surface area (Å²) in [5.41, 5.74) is 2.26. The lowest BCUT2D eigenvalue weighted by atomic mass is 9.96. The average Bonchev–Trinajstić information content (AvgIpc) is 2.75. The number of aryl methyl sites for hydroxylation is 1. The fraction of sp³-hybridized carbons (Fsp3) is 0.435. The van der Waals surface area contributed by atoms with Gasteiger partial charge >= 0.3 is 0 Å². The minimum Gasteiger partial charge on any atom is -0.354 e. The van der Waals surface area contributed by atoms with Crippen LogP contribution in [0.5, 0.6) is 0 Å². The number of carbonyl (C=O) groups is 1. The third-order valence-electron chi connectivity index (χ3n) is 5.67. The first-order valence-electron chi connectivity index (χ1n) is 10.5. The van der Waals surface area contributed by atoms with Crippen molar-refractivity contribution in [1.29, 1.82) is 0 Å². The Labute approximate surface area is 179 Å². The minimum absolute atomic E-state index is 0.0146. The number of nitrogens with one attached hydrogen (secondary N) is 1. The fourth-order valence-electron chi connectivity index (χ4n) is 3.71. The van der Waals surface area contributed by atoms with E-state index >= 15 is 0 Å². The summed E-state index contributed by atoms with van der Waals surface area (Å²) in [4.78, 5) is 14.7. The van der Waals surface area contributed by atoms with Crippen LogP contribution in [0.1, 0.15) is 30.4 Å². The Balaban J connectivity index is 1.47. The Morgan fingerprint density at radius 2 is 1.63 bits per heavy atom. The lowest BCUT2D eigenvalue weighted by Gasteiger charge is -2.33. The zero-order valence-corrected chi connectivity index (χ0v) is 18.6. The summed E-state index contributed by atoms with van der Waals surface area (Å²) >= 11 is 0. The molecule has 0 bridgehead atoms. The van der Waals surface area contributed by atoms with Gasteiger partial charge in [0, 0.05) is 38.6 Å². The van der Waals surface area contributed by atoms with Crippen LogP contribution >= 0.6 is 0 Å². The molecule has 0 unspecified atom stereocenters. The number of piperazine rings is 1. The molecule has 3 rings (SSSR count). The van der Waals surface area contributed by atoms with E-state index in [1.54, 1.807) is 12.1 Å². The van der Waals surface area contributed by atoms with Crippen molar-refractivity contribution >= 4 is 15.9 Å². The highest BCUT2D eigenvalue weighted by molar-refractivity contribution is 7.89. The van der Waals surface area contributed by atoms with E-state index in [0.717, 1.165) is 12.0 Å². The molecule has 1 atom stereocenters. The Morgan fingerprint density at radius 3 is 2.23 bits per heavy atom. The van der Waals surface area contributed by atoms with E-state index in [-0.39, 0.29) is 5.91 Å². The second-order valence-corrected chi connectivity index (χ2v) is 9.75. The molecule has 1 amide bonds. The number of benzene rings is 2. The van der Waals surface area contributed by atoms with Gasteiger partial charge in [-0.05, 0) is 31.0 Å². The summed E-state index contributed by atoms with van der Waals surface area (Å²) in [6.45, 7) is 6.85. The van der Waals surface area contributed by atoms with Gasteiger partial charge in [0.15, 0.2) is 0 Å². The van der Waals surface area contributed by atoms with E-state index in [1.165, 1.54) is 9.87 Å². The lowest BCUT2D eigenvalue weighted by molar-refractivity contribution is -0.122. The van der Waals surface area contributed by atoms with Crippen LogP contribution in [0.4, 0.5) is 0 Å². The molecular weight excluding hydrogens is 398 g/mol. The first-order valence-corrected chi connectivity index (χ1v) is 11.9. The second-order valence-electron chi connectivity index (χ2n) is 7.81. The molecule has 0 saturated carbocycles. The molecule has 0 radical (unpaired) electrons. The highest BCUT2D eigenvalue weighted by Gasteiger charge is 2.29. The first-order chi connectivity index (χ1) is 14.4. The molecule has 1 N–H and O–H groups in total. The van der Waals surface area contributed by atoms with Crippen molar-refractivity contribution in [3.8, 4) is 0 Å². The predicted octanol–water partition coefficient (Wildman–Crippen LogP) is 2.61. The molecule has 7 heteroatoms. The molecule has 6 nitrogen and oxygen atoms in total. The van der Waals surface area contributed by atoms with Gasteiger partial charge in [-0.25, -0.2) is 8.42 Å². The maximum Gasteiger partial charge on any atom is 0.243 e. The molecule has 30 heavy (non-hydrogen) atoms. The first kappa shape index (κ1) is 22.5. The van der Waals surface area contributed by atoms with Crippen LogP contribution in [0.25, 0.3) is 0 Å². The van der Waals surface area contributed by atoms with Crippen LogP contribution in [-0.2, 0) is 14.8 Å². The van der Waals surface area contributed by atoms with Crippen molar-refractivity contribution in [3.05, 3.63) is 65.7 Å². The number of hydrogen-bond acceptors (Lipinski definition) is 4. The summed E-state index contributed by atoms with van der Waals surface area (Å²) in [7, 11) is -3.48. The molecule has 2 aromatic rings. The van der Waals surface area contributed by atoms with Gasteiger partial charge in [0.25, 0.3) is 0 Å². The van der Waals surface area contributed by atoms with E-state index in [9.17, 15) is 13.2 Å². The third-order valence-corrected chi connectivity index (χ3v) is 7.58. The monoisotopic (exact) mass is 429 g/mol. The summed E-state index contributed by atoms with van der Waals surface area (Å²) in [6, 6.07) is 17.1. The van der Waals surface area contributed by atoms with Crippen LogP contribution in [-0.4, -0.2) is 62.8 Å². The summed E-state index contributed by atoms with van der Waals surface area (Å²) in [5.74, 6) is 0.283. The van der Waals surface area contributed by atoms with E-state index in [2.05, 4.69) is 24.4 Å². The number of sulfonamides is 1. The summed E-state index contributed by atoms with van der Waals surface area (Å²) < 4.78 is 27.1. The standard InChI is InChI=1S/C23H31N3O3S/c1-3-20(21-7-5-4-6-8-21)17-24-23(27)18-25-13-15-26(16-14-25)30(28,29)22-11-9-19(2)10-12-22/h4-12,20H,3,13-18H2,1-2H3,(H,24,27)/t20-/m1/s1. The highest BCUT2D eigenvalue weighted by Crippen LogP contribution is 2.19. The predicted molar refractivity (Wildman–Crippen MR) is 119 cm³/mol. The Bertz CT molecular complexity index is 922. The maximum absolute atomic E-state index is 12.8. The van der Waals surface area contributed by atoms with Gasteiger partial charge in [-0.15, -0.1) is 0 Å². The SMILES string of the molecule is CC[C@H](CNC(=O)CN1CCN(S(=O)(=O)c2ccc(C)cc2)CC1)c1ccccc1. The van der Waals surface area contributed by atoms with Crippen molar-refractivity contribution in [1.82, 2.24) is 14.5 Å². The van der Waals surface area contributed by atoms with Gasteiger partial charge in [0.2, 0.25) is 15.9 Å². The summed E-state index contributed by atoms with van der Waals surface area (Å²) in [6.07, 6.45) is 0.958. The van der Waals surface area contributed by atoms with Gasteiger partial charge < -0.3 is 5.32 Å². The van der Waals surface area contributed by atoms with Gasteiger partial charge in [0.05, 0.1) is 11.4 Å². The van der Waals surface area contributed by atoms with E-state index in [0.29, 0.717) is 50.1 Å². The van der Waals surface area contributed by atoms with E-state index in [4.69, 9.17) is 0 Å². The van der Waals surface area contributed by atoms with Crippen LogP contribution in [0.3, 0.4) is 0 Å². The third kappa shape index (κ3) is 5.68. The number of amides is 1. The number of rotatable bonds is 8. The van der Waals surface area contributed by atoms with Crippen molar-refractivity contribution in [3.63, 3.8) is 0 Å². The molecule has 1 saturated heterocycles. The van der Waals surface area contributed by atoms with Crippen molar-refractivity contribution < 1.29 is 13.2 Å². The molecule has 1 aliphatic heterocycles. The molecule has 162 valence electrons. The van der Waals surface area contributed by atoms with Crippen LogP contribution in [0.15, 0.2) is 59.5 Å². The van der Waals surface area contributed by atoms with Crippen LogP contribution in [0.2, 0.25) is 0 Å². The summed E-state index contributed by atoms with van der Waals surface area (Å²) in [5, 5.41) is 3.04. The Kier molecular flexibility index (Phi) is 7.64. The van der Waals surface area contributed by atoms with Gasteiger partial charge in [-0.2, -0.15) is 4.31 Å². The minimum atomic E-state index is -3.48. The lowest BCUT2D eigenvalue weighted by Crippen LogP contribution is -2.51. The van der Waals surface area contributed by atoms with Gasteiger partial charge in [0.1, 0.15) is 0 Å². The van der Waals surface area contributed by atoms with Crippen LogP contribution < -0.4 is 5.32 Å². The largest absolute Gasteiger partial charge is 0.354 e. The van der Waals surface area contributed by atoms with Crippen molar-refractivity contribution in [2.45, 2.75) is 31.1 Å². The van der Waals surface area contributed by atoms with Gasteiger partial charge in [-0.1, -0.05) is 55.0 Å². The normalized spacial score (nSPS) is 16.9. The number of hydrogen-bond donors (Lipinski definition) is 1. The van der Waals surface area contributed by atoms with E-state index < -0.39 is 10.0 Å². The molecule has 0 aromatic heterocycles. The maximum atomic E-state index is 12.8.